The number of aliphatic hydroxyl groups excluding tert-OH is 1. The van der Waals surface area contributed by atoms with E-state index in [-0.39, 0.29) is 18.8 Å². The van der Waals surface area contributed by atoms with E-state index in [1.54, 1.807) is 24.3 Å². The van der Waals surface area contributed by atoms with Gasteiger partial charge in [0.05, 0.1) is 6.61 Å². The molecule has 1 aromatic carbocycles. The lowest BCUT2D eigenvalue weighted by Gasteiger charge is -2.07. The van der Waals surface area contributed by atoms with Crippen molar-refractivity contribution in [1.29, 1.82) is 0 Å². The van der Waals surface area contributed by atoms with E-state index in [1.165, 1.54) is 13.0 Å². The lowest BCUT2D eigenvalue weighted by atomic mass is 10.2. The molecule has 0 heterocycles. The molecule has 0 saturated carbocycles. The Hall–Kier alpha value is -1.81. The van der Waals surface area contributed by atoms with E-state index in [2.05, 4.69) is 0 Å². The van der Waals surface area contributed by atoms with Crippen molar-refractivity contribution in [2.75, 3.05) is 6.61 Å². The fourth-order valence-electron chi connectivity index (χ4n) is 1.12. The third-order valence-corrected chi connectivity index (χ3v) is 2.11. The fourth-order valence-corrected chi connectivity index (χ4v) is 1.12. The molecule has 4 heteroatoms. The van der Waals surface area contributed by atoms with Crippen LogP contribution in [0.3, 0.4) is 0 Å². The number of carboxylic acids is 1. The van der Waals surface area contributed by atoms with Crippen molar-refractivity contribution in [2.24, 2.45) is 0 Å². The minimum absolute atomic E-state index is 0.0994. The first kappa shape index (κ1) is 12.3. The first-order chi connectivity index (χ1) is 7.65. The number of carboxylic acid groups (broad SMARTS) is 1. The molecule has 0 aliphatic rings. The number of aliphatic carboxylic acids is 1. The second-order valence-corrected chi connectivity index (χ2v) is 3.27. The highest BCUT2D eigenvalue weighted by atomic mass is 16.5. The molecule has 0 fully saturated rings. The molecule has 0 aliphatic carbocycles. The number of benzene rings is 1. The maximum absolute atomic E-state index is 10.5. The predicted octanol–water partition coefficient (Wildman–Crippen LogP) is 1.59. The summed E-state index contributed by atoms with van der Waals surface area (Å²) in [4.78, 5) is 10.5. The second kappa shape index (κ2) is 5.92. The van der Waals surface area contributed by atoms with Crippen LogP contribution < -0.4 is 4.74 Å². The Morgan fingerprint density at radius 3 is 2.75 bits per heavy atom. The molecular weight excluding hydrogens is 208 g/mol. The van der Waals surface area contributed by atoms with Gasteiger partial charge in [0, 0.05) is 11.1 Å². The van der Waals surface area contributed by atoms with Gasteiger partial charge in [0.1, 0.15) is 12.4 Å². The third kappa shape index (κ3) is 3.40. The molecule has 86 valence electrons. The minimum Gasteiger partial charge on any atom is -0.489 e. The summed E-state index contributed by atoms with van der Waals surface area (Å²) in [5, 5.41) is 17.6. The Labute approximate surface area is 93.8 Å². The number of carbonyl (C=O) groups is 1. The first-order valence-corrected chi connectivity index (χ1v) is 4.86. The van der Waals surface area contributed by atoms with Crippen LogP contribution in [0.25, 0.3) is 0 Å². The second-order valence-electron chi connectivity index (χ2n) is 3.27. The zero-order valence-corrected chi connectivity index (χ0v) is 9.01. The van der Waals surface area contributed by atoms with E-state index in [0.29, 0.717) is 11.3 Å². The minimum atomic E-state index is -0.959. The van der Waals surface area contributed by atoms with Crippen molar-refractivity contribution in [3.8, 4) is 5.75 Å². The van der Waals surface area contributed by atoms with Crippen molar-refractivity contribution in [3.63, 3.8) is 0 Å². The Morgan fingerprint density at radius 1 is 1.44 bits per heavy atom. The number of para-hydroxylation sites is 1. The van der Waals surface area contributed by atoms with Crippen LogP contribution in [0.1, 0.15) is 12.5 Å². The molecule has 4 nitrogen and oxygen atoms in total. The van der Waals surface area contributed by atoms with Crippen LogP contribution in [0.2, 0.25) is 0 Å². The molecule has 0 spiro atoms. The van der Waals surface area contributed by atoms with Crippen molar-refractivity contribution in [2.45, 2.75) is 13.5 Å². The number of ether oxygens (including phenoxy) is 1. The molecule has 0 unspecified atom stereocenters. The number of hydrogen-bond donors (Lipinski definition) is 2. The van der Waals surface area contributed by atoms with Crippen molar-refractivity contribution in [3.05, 3.63) is 41.5 Å². The molecule has 0 bridgehead atoms. The normalized spacial score (nSPS) is 11.2. The van der Waals surface area contributed by atoms with Crippen molar-refractivity contribution >= 4 is 5.97 Å². The molecule has 16 heavy (non-hydrogen) atoms. The predicted molar refractivity (Wildman–Crippen MR) is 59.3 cm³/mol. The van der Waals surface area contributed by atoms with Crippen LogP contribution in [-0.4, -0.2) is 22.8 Å². The zero-order chi connectivity index (χ0) is 12.0. The Bertz CT molecular complexity index is 396. The topological polar surface area (TPSA) is 66.8 Å². The van der Waals surface area contributed by atoms with Gasteiger partial charge in [0.25, 0.3) is 0 Å². The number of aliphatic hydroxyl groups is 1. The quantitative estimate of drug-likeness (QED) is 0.742. The summed E-state index contributed by atoms with van der Waals surface area (Å²) in [5.74, 6) is -0.390. The van der Waals surface area contributed by atoms with Crippen molar-refractivity contribution < 1.29 is 19.7 Å². The van der Waals surface area contributed by atoms with E-state index in [4.69, 9.17) is 14.9 Å². The third-order valence-electron chi connectivity index (χ3n) is 2.11. The van der Waals surface area contributed by atoms with Crippen molar-refractivity contribution in [1.82, 2.24) is 0 Å². The summed E-state index contributed by atoms with van der Waals surface area (Å²) in [6.07, 6.45) is 1.48. The van der Waals surface area contributed by atoms with Crippen LogP contribution in [0, 0.1) is 0 Å². The molecule has 1 rings (SSSR count). The van der Waals surface area contributed by atoms with E-state index in [0.717, 1.165) is 0 Å². The molecular formula is C12H14O4. The van der Waals surface area contributed by atoms with Gasteiger partial charge < -0.3 is 14.9 Å². The SMILES string of the molecule is CC(=CCOc1ccccc1CO)C(=O)O. The average molecular weight is 222 g/mol. The highest BCUT2D eigenvalue weighted by Gasteiger charge is 2.01. The van der Waals surface area contributed by atoms with Gasteiger partial charge in [0.15, 0.2) is 0 Å². The lowest BCUT2D eigenvalue weighted by molar-refractivity contribution is -0.132. The van der Waals surface area contributed by atoms with E-state index < -0.39 is 5.97 Å². The van der Waals surface area contributed by atoms with Crippen LogP contribution in [0.5, 0.6) is 5.75 Å². The summed E-state index contributed by atoms with van der Waals surface area (Å²) in [6, 6.07) is 7.08. The molecule has 1 aromatic rings. The van der Waals surface area contributed by atoms with Gasteiger partial charge in [-0.05, 0) is 19.1 Å². The maximum atomic E-state index is 10.5. The highest BCUT2D eigenvalue weighted by Crippen LogP contribution is 2.17. The molecule has 0 aliphatic heterocycles. The van der Waals surface area contributed by atoms with E-state index in [1.807, 2.05) is 0 Å². The van der Waals surface area contributed by atoms with Crippen LogP contribution in [0.4, 0.5) is 0 Å². The van der Waals surface area contributed by atoms with Gasteiger partial charge in [0.2, 0.25) is 0 Å². The van der Waals surface area contributed by atoms with Gasteiger partial charge in [-0.3, -0.25) is 0 Å². The summed E-state index contributed by atoms with van der Waals surface area (Å²) in [5.41, 5.74) is 0.922. The summed E-state index contributed by atoms with van der Waals surface area (Å²) in [7, 11) is 0. The Kier molecular flexibility index (Phi) is 4.54. The Balaban J connectivity index is 2.61. The molecule has 0 radical (unpaired) electrons. The summed E-state index contributed by atoms with van der Waals surface area (Å²) < 4.78 is 5.35. The molecule has 0 atom stereocenters. The molecule has 0 saturated heterocycles. The number of rotatable bonds is 5. The smallest absolute Gasteiger partial charge is 0.331 e. The van der Waals surface area contributed by atoms with E-state index in [9.17, 15) is 4.79 Å². The van der Waals surface area contributed by atoms with Gasteiger partial charge in [-0.2, -0.15) is 0 Å². The van der Waals surface area contributed by atoms with Gasteiger partial charge in [-0.1, -0.05) is 18.2 Å². The highest BCUT2D eigenvalue weighted by molar-refractivity contribution is 5.85. The molecule has 0 amide bonds. The van der Waals surface area contributed by atoms with E-state index >= 15 is 0 Å². The zero-order valence-electron chi connectivity index (χ0n) is 9.01. The average Bonchev–Trinajstić information content (AvgIpc) is 2.29. The molecule has 2 N–H and O–H groups in total. The van der Waals surface area contributed by atoms with Gasteiger partial charge >= 0.3 is 5.97 Å². The summed E-state index contributed by atoms with van der Waals surface area (Å²) in [6.45, 7) is 1.58. The maximum Gasteiger partial charge on any atom is 0.331 e. The number of hydrogen-bond acceptors (Lipinski definition) is 3. The standard InChI is InChI=1S/C12H14O4/c1-9(12(14)15)6-7-16-11-5-3-2-4-10(11)8-13/h2-6,13H,7-8H2,1H3,(H,14,15). The van der Waals surface area contributed by atoms with Crippen LogP contribution in [-0.2, 0) is 11.4 Å². The lowest BCUT2D eigenvalue weighted by Crippen LogP contribution is -2.02. The fraction of sp³-hybridized carbons (Fsp3) is 0.250. The van der Waals surface area contributed by atoms with Gasteiger partial charge in [-0.15, -0.1) is 0 Å². The van der Waals surface area contributed by atoms with Gasteiger partial charge in [-0.25, -0.2) is 4.79 Å². The first-order valence-electron chi connectivity index (χ1n) is 4.86. The monoisotopic (exact) mass is 222 g/mol. The molecule has 0 aromatic heterocycles. The summed E-state index contributed by atoms with van der Waals surface area (Å²) >= 11 is 0. The van der Waals surface area contributed by atoms with Crippen LogP contribution in [0.15, 0.2) is 35.9 Å². The Morgan fingerprint density at radius 2 is 2.12 bits per heavy atom. The van der Waals surface area contributed by atoms with Crippen LogP contribution >= 0.6 is 0 Å². The largest absolute Gasteiger partial charge is 0.489 e.